The van der Waals surface area contributed by atoms with E-state index in [9.17, 15) is 4.79 Å². The summed E-state index contributed by atoms with van der Waals surface area (Å²) in [6, 6.07) is 2.01. The number of nitrogens with zero attached hydrogens (tertiary/aromatic N) is 3. The monoisotopic (exact) mass is 232 g/mol. The molecule has 0 saturated heterocycles. The number of aryl methyl sites for hydroxylation is 1. The Morgan fingerprint density at radius 3 is 3.06 bits per heavy atom. The predicted octanol–water partition coefficient (Wildman–Crippen LogP) is 0.574. The van der Waals surface area contributed by atoms with Gasteiger partial charge >= 0.3 is 0 Å². The highest BCUT2D eigenvalue weighted by atomic mass is 16.2. The molecule has 1 atom stereocenters. The average Bonchev–Trinajstić information content (AvgIpc) is 2.84. The Bertz CT molecular complexity index is 502. The Kier molecular flexibility index (Phi) is 2.29. The molecule has 1 aromatic rings. The van der Waals surface area contributed by atoms with Crippen LogP contribution in [-0.2, 0) is 11.8 Å². The first-order chi connectivity index (χ1) is 8.15. The molecule has 1 unspecified atom stereocenters. The molecule has 1 aliphatic heterocycles. The highest BCUT2D eigenvalue weighted by Gasteiger charge is 2.35. The fraction of sp³-hybridized carbons (Fsp3) is 0.500. The van der Waals surface area contributed by atoms with Crippen LogP contribution in [0.2, 0.25) is 0 Å². The molecule has 5 heteroatoms. The second kappa shape index (κ2) is 3.70. The minimum atomic E-state index is 0.0915. The normalized spacial score (nSPS) is 24.5. The van der Waals surface area contributed by atoms with Crippen LogP contribution >= 0.6 is 0 Å². The van der Waals surface area contributed by atoms with E-state index in [0.717, 1.165) is 30.7 Å². The van der Waals surface area contributed by atoms with Gasteiger partial charge in [-0.25, -0.2) is 0 Å². The minimum Gasteiger partial charge on any atom is -0.327 e. The lowest BCUT2D eigenvalue weighted by Crippen LogP contribution is -2.29. The van der Waals surface area contributed by atoms with Crippen molar-refractivity contribution in [1.29, 1.82) is 0 Å². The molecule has 1 amide bonds. The van der Waals surface area contributed by atoms with Gasteiger partial charge in [0.05, 0.1) is 0 Å². The summed E-state index contributed by atoms with van der Waals surface area (Å²) in [6.07, 6.45) is 4.51. The Morgan fingerprint density at radius 1 is 1.53 bits per heavy atom. The zero-order valence-corrected chi connectivity index (χ0v) is 9.89. The number of amides is 1. The highest BCUT2D eigenvalue weighted by Crippen LogP contribution is 2.33. The molecule has 0 radical (unpaired) electrons. The standard InChI is InChI=1S/C12H16N4O/c1-15-5-4-11(14-15)16-7-8-2-3-9(13)6-10(8)12(16)17/h4-5,9H,2-3,6-7,13H2,1H3. The largest absolute Gasteiger partial charge is 0.327 e. The van der Waals surface area contributed by atoms with Gasteiger partial charge in [0.2, 0.25) is 0 Å². The van der Waals surface area contributed by atoms with Crippen molar-refractivity contribution in [2.45, 2.75) is 25.3 Å². The van der Waals surface area contributed by atoms with E-state index in [-0.39, 0.29) is 11.9 Å². The van der Waals surface area contributed by atoms with Crippen LogP contribution in [0.4, 0.5) is 5.82 Å². The third-order valence-corrected chi connectivity index (χ3v) is 3.54. The Hall–Kier alpha value is -1.62. The van der Waals surface area contributed by atoms with E-state index in [0.29, 0.717) is 6.54 Å². The molecule has 3 rings (SSSR count). The van der Waals surface area contributed by atoms with Crippen molar-refractivity contribution in [2.75, 3.05) is 11.4 Å². The van der Waals surface area contributed by atoms with Crippen LogP contribution in [-0.4, -0.2) is 28.3 Å². The molecule has 1 aliphatic carbocycles. The summed E-state index contributed by atoms with van der Waals surface area (Å²) in [5.41, 5.74) is 8.09. The van der Waals surface area contributed by atoms with Crippen LogP contribution in [0.1, 0.15) is 19.3 Å². The number of aromatic nitrogens is 2. The predicted molar refractivity (Wildman–Crippen MR) is 64.4 cm³/mol. The molecule has 2 N–H and O–H groups in total. The number of hydrogen-bond donors (Lipinski definition) is 1. The number of nitrogens with two attached hydrogens (primary N) is 1. The lowest BCUT2D eigenvalue weighted by molar-refractivity contribution is -0.114. The van der Waals surface area contributed by atoms with Gasteiger partial charge < -0.3 is 5.73 Å². The van der Waals surface area contributed by atoms with Crippen molar-refractivity contribution in [2.24, 2.45) is 12.8 Å². The third-order valence-electron chi connectivity index (χ3n) is 3.54. The maximum absolute atomic E-state index is 12.3. The lowest BCUT2D eigenvalue weighted by Gasteiger charge is -2.17. The minimum absolute atomic E-state index is 0.0915. The Morgan fingerprint density at radius 2 is 2.35 bits per heavy atom. The zero-order chi connectivity index (χ0) is 12.0. The van der Waals surface area contributed by atoms with Crippen molar-refractivity contribution in [3.05, 3.63) is 23.4 Å². The smallest absolute Gasteiger partial charge is 0.255 e. The molecule has 0 fully saturated rings. The molecule has 0 saturated carbocycles. The maximum Gasteiger partial charge on any atom is 0.255 e. The summed E-state index contributed by atoms with van der Waals surface area (Å²) in [7, 11) is 1.85. The van der Waals surface area contributed by atoms with Crippen LogP contribution < -0.4 is 10.6 Å². The average molecular weight is 232 g/mol. The first-order valence-corrected chi connectivity index (χ1v) is 5.93. The van der Waals surface area contributed by atoms with Crippen LogP contribution in [0.25, 0.3) is 0 Å². The van der Waals surface area contributed by atoms with E-state index < -0.39 is 0 Å². The first kappa shape index (κ1) is 10.5. The SMILES string of the molecule is Cn1ccc(N2CC3=C(CC(N)CC3)C2=O)n1. The van der Waals surface area contributed by atoms with E-state index >= 15 is 0 Å². The molecule has 0 bridgehead atoms. The zero-order valence-electron chi connectivity index (χ0n) is 9.89. The van der Waals surface area contributed by atoms with Crippen LogP contribution in [0.5, 0.6) is 0 Å². The summed E-state index contributed by atoms with van der Waals surface area (Å²) in [6.45, 7) is 0.692. The molecule has 2 heterocycles. The van der Waals surface area contributed by atoms with Crippen molar-refractivity contribution >= 4 is 11.7 Å². The van der Waals surface area contributed by atoms with Gasteiger partial charge in [-0.05, 0) is 24.8 Å². The van der Waals surface area contributed by atoms with Crippen LogP contribution in [0, 0.1) is 0 Å². The molecular formula is C12H16N4O. The van der Waals surface area contributed by atoms with Gasteiger partial charge in [-0.2, -0.15) is 5.10 Å². The molecule has 1 aromatic heterocycles. The van der Waals surface area contributed by atoms with E-state index in [4.69, 9.17) is 5.73 Å². The van der Waals surface area contributed by atoms with Gasteiger partial charge in [0.15, 0.2) is 5.82 Å². The van der Waals surface area contributed by atoms with E-state index in [1.165, 1.54) is 5.57 Å². The van der Waals surface area contributed by atoms with Gasteiger partial charge in [0, 0.05) is 37.5 Å². The van der Waals surface area contributed by atoms with Crippen LogP contribution in [0.15, 0.2) is 23.4 Å². The molecular weight excluding hydrogens is 216 g/mol. The molecule has 0 spiro atoms. The summed E-state index contributed by atoms with van der Waals surface area (Å²) in [5.74, 6) is 0.828. The Balaban J connectivity index is 1.87. The molecule has 90 valence electrons. The number of hydrogen-bond acceptors (Lipinski definition) is 3. The van der Waals surface area contributed by atoms with Crippen molar-refractivity contribution in [1.82, 2.24) is 9.78 Å². The van der Waals surface area contributed by atoms with Crippen LogP contribution in [0.3, 0.4) is 0 Å². The summed E-state index contributed by atoms with van der Waals surface area (Å²) >= 11 is 0. The molecule has 0 aromatic carbocycles. The van der Waals surface area contributed by atoms with Crippen molar-refractivity contribution in [3.8, 4) is 0 Å². The molecule has 17 heavy (non-hydrogen) atoms. The van der Waals surface area contributed by atoms with Gasteiger partial charge in [0.1, 0.15) is 0 Å². The highest BCUT2D eigenvalue weighted by molar-refractivity contribution is 6.09. The van der Waals surface area contributed by atoms with Gasteiger partial charge in [-0.1, -0.05) is 0 Å². The topological polar surface area (TPSA) is 64.2 Å². The fourth-order valence-electron chi connectivity index (χ4n) is 2.59. The number of anilines is 1. The first-order valence-electron chi connectivity index (χ1n) is 5.93. The van der Waals surface area contributed by atoms with Gasteiger partial charge in [0.25, 0.3) is 5.91 Å². The third kappa shape index (κ3) is 1.67. The van der Waals surface area contributed by atoms with Crippen molar-refractivity contribution < 1.29 is 4.79 Å². The number of rotatable bonds is 1. The summed E-state index contributed by atoms with van der Waals surface area (Å²) < 4.78 is 1.71. The molecule has 5 nitrogen and oxygen atoms in total. The maximum atomic E-state index is 12.3. The second-order valence-electron chi connectivity index (χ2n) is 4.82. The quantitative estimate of drug-likeness (QED) is 0.770. The van der Waals surface area contributed by atoms with E-state index in [2.05, 4.69) is 5.10 Å². The fourth-order valence-corrected chi connectivity index (χ4v) is 2.59. The second-order valence-corrected chi connectivity index (χ2v) is 4.82. The molecule has 2 aliphatic rings. The van der Waals surface area contributed by atoms with E-state index in [1.54, 1.807) is 9.58 Å². The summed E-state index contributed by atoms with van der Waals surface area (Å²) in [4.78, 5) is 14.0. The van der Waals surface area contributed by atoms with Crippen molar-refractivity contribution in [3.63, 3.8) is 0 Å². The number of carbonyl (C=O) groups is 1. The lowest BCUT2D eigenvalue weighted by atomic mass is 9.90. The number of carbonyl (C=O) groups excluding carboxylic acids is 1. The van der Waals surface area contributed by atoms with Gasteiger partial charge in [-0.15, -0.1) is 0 Å². The summed E-state index contributed by atoms with van der Waals surface area (Å²) in [5, 5.41) is 4.28. The van der Waals surface area contributed by atoms with E-state index in [1.807, 2.05) is 19.3 Å². The Labute approximate surface area is 99.9 Å². The van der Waals surface area contributed by atoms with Gasteiger partial charge in [-0.3, -0.25) is 14.4 Å².